The van der Waals surface area contributed by atoms with Crippen LogP contribution >= 0.6 is 0 Å². The van der Waals surface area contributed by atoms with E-state index in [1.807, 2.05) is 12.1 Å². The second kappa shape index (κ2) is 16.0. The summed E-state index contributed by atoms with van der Waals surface area (Å²) in [5.74, 6) is -3.33. The largest absolute Gasteiger partial charge is 0.460 e. The van der Waals surface area contributed by atoms with E-state index in [1.54, 1.807) is 51.1 Å². The van der Waals surface area contributed by atoms with Gasteiger partial charge in [-0.25, -0.2) is 0 Å². The van der Waals surface area contributed by atoms with Crippen LogP contribution in [0.1, 0.15) is 77.9 Å². The molecule has 0 spiro atoms. The molecule has 0 unspecified atom stereocenters. The molecule has 3 heterocycles. The second-order valence-corrected chi connectivity index (χ2v) is 12.8. The first-order valence-corrected chi connectivity index (χ1v) is 16.0. The molecule has 12 heteroatoms. The van der Waals surface area contributed by atoms with E-state index in [9.17, 15) is 24.9 Å². The van der Waals surface area contributed by atoms with Crippen LogP contribution < -0.4 is 5.46 Å². The van der Waals surface area contributed by atoms with Crippen LogP contribution in [0.2, 0.25) is 0 Å². The standard InChI is InChI=1S/C34H47BO11/c1-5-22-16-27-18-28(20-36)44-30(39)17-25(38)11-14-41-29(23-6-8-24(35)9-7-23)19-26-12-15-42-31(45-26)10-13-33(3,4)34(40,46-27)32(22)43-21(2)37/h5-10,13,25-29,31-32,36,38,40H,11-12,14-20H2,1-4H3/b13-10+,22-5+/t25-,26+,27+,28-,29+,31+,32+,34-/m1/s1. The molecule has 2 saturated heterocycles. The van der Waals surface area contributed by atoms with Crippen LogP contribution in [0.3, 0.4) is 0 Å². The Morgan fingerprint density at radius 3 is 2.48 bits per heavy atom. The van der Waals surface area contributed by atoms with Gasteiger partial charge in [-0.1, -0.05) is 55.7 Å². The molecular formula is C34H47BO11. The zero-order chi connectivity index (χ0) is 33.5. The summed E-state index contributed by atoms with van der Waals surface area (Å²) in [4.78, 5) is 24.9. The molecule has 46 heavy (non-hydrogen) atoms. The Morgan fingerprint density at radius 1 is 1.09 bits per heavy atom. The zero-order valence-electron chi connectivity index (χ0n) is 27.1. The van der Waals surface area contributed by atoms with Crippen molar-refractivity contribution in [3.05, 3.63) is 53.6 Å². The lowest BCUT2D eigenvalue weighted by molar-refractivity contribution is -0.327. The molecule has 2 radical (unpaired) electrons. The summed E-state index contributed by atoms with van der Waals surface area (Å²) >= 11 is 0. The number of ether oxygens (including phenoxy) is 6. The third-order valence-corrected chi connectivity index (χ3v) is 8.78. The van der Waals surface area contributed by atoms with Crippen molar-refractivity contribution in [1.29, 1.82) is 0 Å². The number of esters is 2. The van der Waals surface area contributed by atoms with Crippen LogP contribution in [-0.2, 0) is 38.0 Å². The van der Waals surface area contributed by atoms with Crippen molar-refractivity contribution in [3.63, 3.8) is 0 Å². The van der Waals surface area contributed by atoms with Crippen LogP contribution in [0, 0.1) is 5.41 Å². The molecule has 1 aromatic rings. The second-order valence-electron chi connectivity index (χ2n) is 12.8. The molecule has 0 aliphatic carbocycles. The number of rotatable bonds is 3. The van der Waals surface area contributed by atoms with Crippen LogP contribution in [0.5, 0.6) is 0 Å². The van der Waals surface area contributed by atoms with Gasteiger partial charge in [0.1, 0.15) is 14.0 Å². The molecular weight excluding hydrogens is 595 g/mol. The molecule has 3 aliphatic rings. The highest BCUT2D eigenvalue weighted by Gasteiger charge is 2.57. The van der Waals surface area contributed by atoms with Gasteiger partial charge >= 0.3 is 11.9 Å². The smallest absolute Gasteiger partial charge is 0.308 e. The SMILES string of the molecule is [B]c1ccc([C@@H]2C[C@@H]3CCO[C@H](/C=C/C(C)(C)[C@]4(O)O[C@@H](C/C(=C\C)[C@@H]4OC(C)=O)C[C@H](CO)OC(=O)C[C@H](O)CCO2)O3)cc1. The van der Waals surface area contributed by atoms with Gasteiger partial charge in [-0.2, -0.15) is 0 Å². The lowest BCUT2D eigenvalue weighted by Crippen LogP contribution is -2.62. The van der Waals surface area contributed by atoms with E-state index >= 15 is 0 Å². The molecule has 1 aromatic carbocycles. The van der Waals surface area contributed by atoms with Crippen molar-refractivity contribution in [3.8, 4) is 0 Å². The minimum atomic E-state index is -2.05. The normalized spacial score (nSPS) is 36.3. The lowest BCUT2D eigenvalue weighted by Gasteiger charge is -2.51. The van der Waals surface area contributed by atoms with Crippen molar-refractivity contribution in [2.75, 3.05) is 19.8 Å². The Bertz CT molecular complexity index is 1230. The van der Waals surface area contributed by atoms with Crippen LogP contribution in [-0.4, -0.2) is 97.5 Å². The van der Waals surface area contributed by atoms with Gasteiger partial charge < -0.3 is 43.7 Å². The minimum absolute atomic E-state index is 0.0491. The Labute approximate surface area is 272 Å². The third-order valence-electron chi connectivity index (χ3n) is 8.78. The zero-order valence-corrected chi connectivity index (χ0v) is 27.1. The Hall–Kier alpha value is -2.58. The van der Waals surface area contributed by atoms with E-state index in [2.05, 4.69) is 0 Å². The highest BCUT2D eigenvalue weighted by molar-refractivity contribution is 6.32. The average molecular weight is 643 g/mol. The molecule has 2 fully saturated rings. The van der Waals surface area contributed by atoms with Gasteiger partial charge in [0.05, 0.1) is 44.1 Å². The topological polar surface area (TPSA) is 150 Å². The number of hydrogen-bond donors (Lipinski definition) is 3. The first-order chi connectivity index (χ1) is 21.8. The summed E-state index contributed by atoms with van der Waals surface area (Å²) in [7, 11) is 5.91. The third kappa shape index (κ3) is 9.28. The number of fused-ring (bicyclic) bond motifs is 4. The van der Waals surface area contributed by atoms with E-state index in [0.717, 1.165) is 5.56 Å². The van der Waals surface area contributed by atoms with Gasteiger partial charge in [0.2, 0.25) is 5.79 Å². The minimum Gasteiger partial charge on any atom is -0.460 e. The molecule has 8 atom stereocenters. The predicted molar refractivity (Wildman–Crippen MR) is 168 cm³/mol. The maximum absolute atomic E-state index is 12.8. The van der Waals surface area contributed by atoms with E-state index < -0.39 is 60.5 Å². The number of allylic oxidation sites excluding steroid dienone is 1. The van der Waals surface area contributed by atoms with Gasteiger partial charge in [0, 0.05) is 31.8 Å². The highest BCUT2D eigenvalue weighted by atomic mass is 16.7. The van der Waals surface area contributed by atoms with E-state index in [1.165, 1.54) is 6.92 Å². The molecule has 3 N–H and O–H groups in total. The molecule has 3 aliphatic heterocycles. The van der Waals surface area contributed by atoms with Crippen LogP contribution in [0.25, 0.3) is 0 Å². The summed E-state index contributed by atoms with van der Waals surface area (Å²) in [6, 6.07) is 7.36. The maximum Gasteiger partial charge on any atom is 0.308 e. The molecule has 4 rings (SSSR count). The summed E-state index contributed by atoms with van der Waals surface area (Å²) in [5, 5.41) is 32.9. The van der Waals surface area contributed by atoms with Crippen molar-refractivity contribution in [1.82, 2.24) is 0 Å². The Kier molecular flexibility index (Phi) is 12.6. The quantitative estimate of drug-likeness (QED) is 0.254. The van der Waals surface area contributed by atoms with Crippen molar-refractivity contribution in [2.45, 2.75) is 115 Å². The fraction of sp³-hybridized carbons (Fsp3) is 0.647. The van der Waals surface area contributed by atoms with Crippen molar-refractivity contribution >= 4 is 25.2 Å². The molecule has 0 aromatic heterocycles. The van der Waals surface area contributed by atoms with E-state index in [-0.39, 0.29) is 44.5 Å². The summed E-state index contributed by atoms with van der Waals surface area (Å²) in [5.41, 5.74) is 0.969. The Morgan fingerprint density at radius 2 is 1.80 bits per heavy atom. The molecule has 11 nitrogen and oxygen atoms in total. The first-order valence-electron chi connectivity index (χ1n) is 16.0. The van der Waals surface area contributed by atoms with Gasteiger partial charge in [-0.15, -0.1) is 0 Å². The van der Waals surface area contributed by atoms with Crippen LogP contribution in [0.15, 0.2) is 48.1 Å². The monoisotopic (exact) mass is 642 g/mol. The molecule has 252 valence electrons. The van der Waals surface area contributed by atoms with E-state index in [0.29, 0.717) is 30.5 Å². The predicted octanol–water partition coefficient (Wildman–Crippen LogP) is 2.45. The number of hydrogen-bond acceptors (Lipinski definition) is 11. The summed E-state index contributed by atoms with van der Waals surface area (Å²) < 4.78 is 35.9. The van der Waals surface area contributed by atoms with Gasteiger partial charge in [0.25, 0.3) is 0 Å². The van der Waals surface area contributed by atoms with Crippen molar-refractivity contribution < 1.29 is 53.3 Å². The first kappa shape index (κ1) is 36.3. The van der Waals surface area contributed by atoms with Gasteiger partial charge in [-0.3, -0.25) is 9.59 Å². The van der Waals surface area contributed by atoms with E-state index in [4.69, 9.17) is 36.3 Å². The average Bonchev–Trinajstić information content (AvgIpc) is 3.00. The number of carbonyl (C=O) groups excluding carboxylic acids is 2. The fourth-order valence-corrected chi connectivity index (χ4v) is 6.09. The van der Waals surface area contributed by atoms with Crippen LogP contribution in [0.4, 0.5) is 0 Å². The number of cyclic esters (lactones) is 1. The number of carbonyl (C=O) groups is 2. The molecule has 0 amide bonds. The number of aliphatic hydroxyl groups excluding tert-OH is 2. The number of aliphatic hydroxyl groups is 3. The summed E-state index contributed by atoms with van der Waals surface area (Å²) in [6.07, 6.45) is 1.32. The van der Waals surface area contributed by atoms with Gasteiger partial charge in [-0.05, 0) is 43.4 Å². The molecule has 4 bridgehead atoms. The molecule has 0 saturated carbocycles. The van der Waals surface area contributed by atoms with Gasteiger partial charge in [0.15, 0.2) is 12.4 Å². The van der Waals surface area contributed by atoms with Crippen molar-refractivity contribution in [2.24, 2.45) is 5.41 Å². The highest BCUT2D eigenvalue weighted by Crippen LogP contribution is 2.46. The number of benzene rings is 1. The summed E-state index contributed by atoms with van der Waals surface area (Å²) in [6.45, 7) is 6.65. The lowest BCUT2D eigenvalue weighted by atomic mass is 9.74. The Balaban J connectivity index is 1.67. The maximum atomic E-state index is 12.8. The fourth-order valence-electron chi connectivity index (χ4n) is 6.09.